The molecule has 0 aliphatic carbocycles. The van der Waals surface area contributed by atoms with Crippen molar-refractivity contribution in [2.75, 3.05) is 27.4 Å². The van der Waals surface area contributed by atoms with Crippen molar-refractivity contribution in [3.63, 3.8) is 0 Å². The van der Waals surface area contributed by atoms with E-state index in [4.69, 9.17) is 14.2 Å². The van der Waals surface area contributed by atoms with Gasteiger partial charge in [-0.2, -0.15) is 0 Å². The van der Waals surface area contributed by atoms with Gasteiger partial charge in [0.05, 0.1) is 13.7 Å². The van der Waals surface area contributed by atoms with Crippen LogP contribution in [0.2, 0.25) is 0 Å². The van der Waals surface area contributed by atoms with Gasteiger partial charge in [0.25, 0.3) is 0 Å². The summed E-state index contributed by atoms with van der Waals surface area (Å²) in [7, 11) is 3.20. The normalized spacial score (nSPS) is 10.1. The van der Waals surface area contributed by atoms with Crippen LogP contribution in [0.5, 0.6) is 11.5 Å². The summed E-state index contributed by atoms with van der Waals surface area (Å²) in [4.78, 5) is 10.8. The van der Waals surface area contributed by atoms with E-state index in [0.717, 1.165) is 12.7 Å². The molecule has 1 aromatic rings. The van der Waals surface area contributed by atoms with Crippen molar-refractivity contribution in [2.24, 2.45) is 0 Å². The number of hydrogen-bond donors (Lipinski definition) is 0. The lowest BCUT2D eigenvalue weighted by Gasteiger charge is -2.12. The van der Waals surface area contributed by atoms with E-state index in [1.54, 1.807) is 26.4 Å². The molecule has 0 bridgehead atoms. The second kappa shape index (κ2) is 7.29. The summed E-state index contributed by atoms with van der Waals surface area (Å²) in [6.07, 6.45) is 1.55. The summed E-state index contributed by atoms with van der Waals surface area (Å²) in [5.41, 5.74) is 0.535. The third-order valence-electron chi connectivity index (χ3n) is 2.16. The van der Waals surface area contributed by atoms with Crippen LogP contribution in [0.4, 0.5) is 0 Å². The zero-order valence-corrected chi connectivity index (χ0v) is 11.5. The molecule has 4 nitrogen and oxygen atoms in total. The molecular formula is C12H15BrO4. The predicted molar refractivity (Wildman–Crippen MR) is 68.1 cm³/mol. The second-order valence-electron chi connectivity index (χ2n) is 3.34. The number of benzene rings is 1. The van der Waals surface area contributed by atoms with Crippen LogP contribution in [0.15, 0.2) is 16.6 Å². The smallest absolute Gasteiger partial charge is 0.161 e. The van der Waals surface area contributed by atoms with Crippen LogP contribution in [0.1, 0.15) is 16.8 Å². The molecular weight excluding hydrogens is 288 g/mol. The van der Waals surface area contributed by atoms with E-state index in [1.165, 1.54) is 0 Å². The van der Waals surface area contributed by atoms with Gasteiger partial charge < -0.3 is 14.2 Å². The molecule has 94 valence electrons. The molecule has 0 aliphatic heterocycles. The molecule has 0 N–H and O–H groups in total. The Bertz CT molecular complexity index is 379. The SMILES string of the molecule is COCCCOc1cc(C=O)c(Br)cc1OC. The molecule has 0 unspecified atom stereocenters. The van der Waals surface area contributed by atoms with Gasteiger partial charge in [-0.05, 0) is 28.1 Å². The molecule has 0 radical (unpaired) electrons. The highest BCUT2D eigenvalue weighted by molar-refractivity contribution is 9.10. The molecule has 0 spiro atoms. The summed E-state index contributed by atoms with van der Waals surface area (Å²) < 4.78 is 16.3. The molecule has 0 heterocycles. The minimum atomic E-state index is 0.518. The van der Waals surface area contributed by atoms with Crippen LogP contribution in [-0.2, 0) is 4.74 Å². The number of hydrogen-bond acceptors (Lipinski definition) is 4. The van der Waals surface area contributed by atoms with E-state index in [0.29, 0.717) is 34.7 Å². The molecule has 0 fully saturated rings. The molecule has 0 aromatic heterocycles. The van der Waals surface area contributed by atoms with E-state index < -0.39 is 0 Å². The van der Waals surface area contributed by atoms with Crippen molar-refractivity contribution < 1.29 is 19.0 Å². The molecule has 1 aromatic carbocycles. The number of carbonyl (C=O) groups is 1. The largest absolute Gasteiger partial charge is 0.493 e. The quantitative estimate of drug-likeness (QED) is 0.574. The number of ether oxygens (including phenoxy) is 3. The van der Waals surface area contributed by atoms with Gasteiger partial charge in [0.15, 0.2) is 17.8 Å². The standard InChI is InChI=1S/C12H15BrO4/c1-15-4-3-5-17-12-6-9(8-14)10(13)7-11(12)16-2/h6-8H,3-5H2,1-2H3. The number of rotatable bonds is 7. The topological polar surface area (TPSA) is 44.8 Å². The van der Waals surface area contributed by atoms with Crippen molar-refractivity contribution in [2.45, 2.75) is 6.42 Å². The first-order valence-corrected chi connectivity index (χ1v) is 5.96. The van der Waals surface area contributed by atoms with Gasteiger partial charge >= 0.3 is 0 Å². The molecule has 0 aliphatic rings. The fraction of sp³-hybridized carbons (Fsp3) is 0.417. The Hall–Kier alpha value is -1.07. The molecule has 0 saturated heterocycles. The second-order valence-corrected chi connectivity index (χ2v) is 4.19. The maximum Gasteiger partial charge on any atom is 0.161 e. The van der Waals surface area contributed by atoms with Crippen LogP contribution < -0.4 is 9.47 Å². The highest BCUT2D eigenvalue weighted by Gasteiger charge is 2.09. The van der Waals surface area contributed by atoms with Gasteiger partial charge in [0.1, 0.15) is 0 Å². The number of carbonyl (C=O) groups excluding carboxylic acids is 1. The van der Waals surface area contributed by atoms with Crippen molar-refractivity contribution in [1.29, 1.82) is 0 Å². The summed E-state index contributed by atoms with van der Waals surface area (Å²) in [5, 5.41) is 0. The maximum absolute atomic E-state index is 10.8. The zero-order chi connectivity index (χ0) is 12.7. The highest BCUT2D eigenvalue weighted by atomic mass is 79.9. The van der Waals surface area contributed by atoms with Crippen molar-refractivity contribution in [3.05, 3.63) is 22.2 Å². The lowest BCUT2D eigenvalue weighted by Crippen LogP contribution is -2.03. The van der Waals surface area contributed by atoms with E-state index in [-0.39, 0.29) is 0 Å². The van der Waals surface area contributed by atoms with Gasteiger partial charge in [-0.25, -0.2) is 0 Å². The summed E-state index contributed by atoms with van der Waals surface area (Å²) in [5.74, 6) is 1.16. The van der Waals surface area contributed by atoms with Crippen LogP contribution in [0.3, 0.4) is 0 Å². The Labute approximate surface area is 109 Å². The lowest BCUT2D eigenvalue weighted by molar-refractivity contribution is 0.112. The minimum absolute atomic E-state index is 0.518. The third kappa shape index (κ3) is 4.02. The molecule has 1 rings (SSSR count). The molecule has 0 saturated carbocycles. The van der Waals surface area contributed by atoms with Crippen LogP contribution in [-0.4, -0.2) is 33.7 Å². The number of halogens is 1. The predicted octanol–water partition coefficient (Wildman–Crippen LogP) is 2.69. The number of methoxy groups -OCH3 is 2. The van der Waals surface area contributed by atoms with Crippen LogP contribution in [0.25, 0.3) is 0 Å². The average Bonchev–Trinajstić information content (AvgIpc) is 2.35. The van der Waals surface area contributed by atoms with Crippen molar-refractivity contribution in [1.82, 2.24) is 0 Å². The van der Waals surface area contributed by atoms with Gasteiger partial charge in [0, 0.05) is 30.2 Å². The number of aldehydes is 1. The Morgan fingerprint density at radius 2 is 2.00 bits per heavy atom. The maximum atomic E-state index is 10.8. The Morgan fingerprint density at radius 1 is 1.24 bits per heavy atom. The molecule has 0 amide bonds. The van der Waals surface area contributed by atoms with Crippen molar-refractivity contribution >= 4 is 22.2 Å². The summed E-state index contributed by atoms with van der Waals surface area (Å²) >= 11 is 3.29. The van der Waals surface area contributed by atoms with Gasteiger partial charge in [0.2, 0.25) is 0 Å². The summed E-state index contributed by atoms with van der Waals surface area (Å²) in [6, 6.07) is 3.37. The zero-order valence-electron chi connectivity index (χ0n) is 9.86. The molecule has 17 heavy (non-hydrogen) atoms. The Kier molecular flexibility index (Phi) is 6.00. The third-order valence-corrected chi connectivity index (χ3v) is 2.85. The highest BCUT2D eigenvalue weighted by Crippen LogP contribution is 2.32. The molecule has 0 atom stereocenters. The van der Waals surface area contributed by atoms with Crippen molar-refractivity contribution in [3.8, 4) is 11.5 Å². The fourth-order valence-electron chi connectivity index (χ4n) is 1.30. The van der Waals surface area contributed by atoms with E-state index in [2.05, 4.69) is 15.9 Å². The van der Waals surface area contributed by atoms with Gasteiger partial charge in [-0.3, -0.25) is 4.79 Å². The Balaban J connectivity index is 2.77. The first-order valence-electron chi connectivity index (χ1n) is 5.17. The summed E-state index contributed by atoms with van der Waals surface area (Å²) in [6.45, 7) is 1.16. The minimum Gasteiger partial charge on any atom is -0.493 e. The lowest BCUT2D eigenvalue weighted by atomic mass is 10.2. The van der Waals surface area contributed by atoms with Crippen LogP contribution >= 0.6 is 15.9 Å². The van der Waals surface area contributed by atoms with Gasteiger partial charge in [-0.15, -0.1) is 0 Å². The molecule has 5 heteroatoms. The monoisotopic (exact) mass is 302 g/mol. The first kappa shape index (κ1) is 14.0. The Morgan fingerprint density at radius 3 is 2.59 bits per heavy atom. The van der Waals surface area contributed by atoms with Crippen LogP contribution in [0, 0.1) is 0 Å². The van der Waals surface area contributed by atoms with E-state index in [1.807, 2.05) is 0 Å². The fourth-order valence-corrected chi connectivity index (χ4v) is 1.71. The van der Waals surface area contributed by atoms with Gasteiger partial charge in [-0.1, -0.05) is 0 Å². The average molecular weight is 303 g/mol. The van der Waals surface area contributed by atoms with E-state index >= 15 is 0 Å². The first-order chi connectivity index (χ1) is 8.22. The van der Waals surface area contributed by atoms with E-state index in [9.17, 15) is 4.79 Å².